The van der Waals surface area contributed by atoms with Crippen molar-refractivity contribution in [3.63, 3.8) is 0 Å². The lowest BCUT2D eigenvalue weighted by Crippen LogP contribution is -2.47. The zero-order valence-corrected chi connectivity index (χ0v) is 13.3. The molecule has 2 heteroatoms. The number of ether oxygens (including phenoxy) is 1. The third-order valence-electron chi connectivity index (χ3n) is 6.03. The van der Waals surface area contributed by atoms with Crippen molar-refractivity contribution < 1.29 is 4.74 Å². The molecule has 1 aliphatic heterocycles. The molecule has 116 valence electrons. The summed E-state index contributed by atoms with van der Waals surface area (Å²) in [7, 11) is 0. The number of hydrogen-bond donors (Lipinski definition) is 1. The van der Waals surface area contributed by atoms with Gasteiger partial charge in [0.2, 0.25) is 0 Å². The highest BCUT2D eigenvalue weighted by Crippen LogP contribution is 2.54. The monoisotopic (exact) mass is 279 g/mol. The van der Waals surface area contributed by atoms with Crippen LogP contribution in [0.3, 0.4) is 0 Å². The Morgan fingerprint density at radius 1 is 1.05 bits per heavy atom. The summed E-state index contributed by atoms with van der Waals surface area (Å²) < 4.78 is 6.28. The van der Waals surface area contributed by atoms with E-state index in [1.807, 2.05) is 0 Å². The highest BCUT2D eigenvalue weighted by molar-refractivity contribution is 5.04. The van der Waals surface area contributed by atoms with Crippen LogP contribution in [0.4, 0.5) is 0 Å². The van der Waals surface area contributed by atoms with Crippen LogP contribution >= 0.6 is 0 Å². The quantitative estimate of drug-likeness (QED) is 0.583. The van der Waals surface area contributed by atoms with Gasteiger partial charge in [0.25, 0.3) is 0 Å². The van der Waals surface area contributed by atoms with Crippen molar-refractivity contribution in [2.45, 2.75) is 77.2 Å². The molecule has 1 saturated heterocycles. The molecule has 0 radical (unpaired) electrons. The van der Waals surface area contributed by atoms with Gasteiger partial charge in [0.15, 0.2) is 0 Å². The van der Waals surface area contributed by atoms with Gasteiger partial charge < -0.3 is 10.1 Å². The van der Waals surface area contributed by atoms with Gasteiger partial charge in [0, 0.05) is 18.6 Å². The Morgan fingerprint density at radius 2 is 1.80 bits per heavy atom. The first kappa shape index (κ1) is 14.8. The van der Waals surface area contributed by atoms with Crippen LogP contribution in [-0.4, -0.2) is 25.8 Å². The molecule has 1 heterocycles. The second-order valence-corrected chi connectivity index (χ2v) is 7.48. The minimum absolute atomic E-state index is 0.473. The Kier molecular flexibility index (Phi) is 5.04. The van der Waals surface area contributed by atoms with Crippen LogP contribution in [0.2, 0.25) is 0 Å². The molecule has 3 rings (SSSR count). The van der Waals surface area contributed by atoms with E-state index in [9.17, 15) is 0 Å². The third-order valence-corrected chi connectivity index (χ3v) is 6.03. The molecular formula is C18H33NO. The van der Waals surface area contributed by atoms with Gasteiger partial charge in [-0.1, -0.05) is 32.6 Å². The van der Waals surface area contributed by atoms with Crippen molar-refractivity contribution in [2.75, 3.05) is 19.7 Å². The summed E-state index contributed by atoms with van der Waals surface area (Å²) in [4.78, 5) is 0. The van der Waals surface area contributed by atoms with Crippen molar-refractivity contribution in [2.24, 2.45) is 17.3 Å². The summed E-state index contributed by atoms with van der Waals surface area (Å²) in [6, 6.07) is 0. The molecule has 0 aromatic rings. The second-order valence-electron chi connectivity index (χ2n) is 7.48. The fraction of sp³-hybridized carbons (Fsp3) is 1.00. The normalized spacial score (nSPS) is 36.1. The van der Waals surface area contributed by atoms with Gasteiger partial charge in [-0.15, -0.1) is 0 Å². The van der Waals surface area contributed by atoms with Gasteiger partial charge in [-0.05, 0) is 56.9 Å². The molecule has 3 aliphatic rings. The molecule has 3 fully saturated rings. The maximum atomic E-state index is 6.28. The molecule has 2 unspecified atom stereocenters. The van der Waals surface area contributed by atoms with Crippen LogP contribution in [0.15, 0.2) is 0 Å². The Balaban J connectivity index is 1.73. The fourth-order valence-corrected chi connectivity index (χ4v) is 4.81. The minimum Gasteiger partial charge on any atom is -0.377 e. The highest BCUT2D eigenvalue weighted by atomic mass is 16.5. The van der Waals surface area contributed by atoms with Gasteiger partial charge in [-0.2, -0.15) is 0 Å². The van der Waals surface area contributed by atoms with E-state index in [-0.39, 0.29) is 0 Å². The van der Waals surface area contributed by atoms with E-state index < -0.39 is 0 Å². The van der Waals surface area contributed by atoms with E-state index in [4.69, 9.17) is 4.74 Å². The molecule has 0 bridgehead atoms. The van der Waals surface area contributed by atoms with Crippen molar-refractivity contribution in [3.05, 3.63) is 0 Å². The van der Waals surface area contributed by atoms with Gasteiger partial charge in [-0.3, -0.25) is 0 Å². The van der Waals surface area contributed by atoms with E-state index in [1.54, 1.807) is 0 Å². The topological polar surface area (TPSA) is 21.3 Å². The summed E-state index contributed by atoms with van der Waals surface area (Å²) >= 11 is 0. The Morgan fingerprint density at radius 3 is 2.45 bits per heavy atom. The second kappa shape index (κ2) is 6.79. The molecule has 0 amide bonds. The summed E-state index contributed by atoms with van der Waals surface area (Å²) in [5.41, 5.74) is 0.473. The zero-order valence-electron chi connectivity index (χ0n) is 13.3. The first-order valence-electron chi connectivity index (χ1n) is 9.19. The van der Waals surface area contributed by atoms with E-state index in [0.29, 0.717) is 11.5 Å². The number of rotatable bonds is 6. The third kappa shape index (κ3) is 3.06. The van der Waals surface area contributed by atoms with Crippen LogP contribution in [0.1, 0.15) is 71.1 Å². The van der Waals surface area contributed by atoms with E-state index >= 15 is 0 Å². The fourth-order valence-electron chi connectivity index (χ4n) is 4.81. The van der Waals surface area contributed by atoms with Crippen LogP contribution in [0.5, 0.6) is 0 Å². The van der Waals surface area contributed by atoms with E-state index in [2.05, 4.69) is 12.2 Å². The molecule has 2 nitrogen and oxygen atoms in total. The lowest BCUT2D eigenvalue weighted by molar-refractivity contribution is -0.00520. The smallest absolute Gasteiger partial charge is 0.0675 e. The first-order chi connectivity index (χ1) is 9.87. The zero-order chi connectivity index (χ0) is 13.8. The molecular weight excluding hydrogens is 246 g/mol. The SMILES string of the molecule is CCCNCC1(C2CCCCCC2)CCOC1C1CC1. The Hall–Kier alpha value is -0.0800. The van der Waals surface area contributed by atoms with Gasteiger partial charge in [-0.25, -0.2) is 0 Å². The van der Waals surface area contributed by atoms with E-state index in [0.717, 1.165) is 18.4 Å². The Labute approximate surface area is 125 Å². The molecule has 20 heavy (non-hydrogen) atoms. The van der Waals surface area contributed by atoms with Crippen molar-refractivity contribution >= 4 is 0 Å². The molecule has 2 aliphatic carbocycles. The number of nitrogens with one attached hydrogen (secondary N) is 1. The van der Waals surface area contributed by atoms with Gasteiger partial charge in [0.05, 0.1) is 6.10 Å². The van der Waals surface area contributed by atoms with Crippen LogP contribution in [0.25, 0.3) is 0 Å². The molecule has 2 atom stereocenters. The highest BCUT2D eigenvalue weighted by Gasteiger charge is 2.54. The molecule has 1 N–H and O–H groups in total. The predicted molar refractivity (Wildman–Crippen MR) is 83.9 cm³/mol. The van der Waals surface area contributed by atoms with Crippen molar-refractivity contribution in [1.29, 1.82) is 0 Å². The maximum Gasteiger partial charge on any atom is 0.0675 e. The van der Waals surface area contributed by atoms with Crippen molar-refractivity contribution in [1.82, 2.24) is 5.32 Å². The summed E-state index contributed by atoms with van der Waals surface area (Å²) in [6.07, 6.45) is 14.7. The molecule has 0 aromatic heterocycles. The summed E-state index contributed by atoms with van der Waals surface area (Å²) in [5.74, 6) is 1.81. The largest absolute Gasteiger partial charge is 0.377 e. The molecule has 2 saturated carbocycles. The average molecular weight is 279 g/mol. The lowest BCUT2D eigenvalue weighted by atomic mass is 9.66. The molecule has 0 aromatic carbocycles. The summed E-state index contributed by atoms with van der Waals surface area (Å²) in [5, 5.41) is 3.77. The standard InChI is InChI=1S/C18H33NO/c1-2-12-19-14-18(16-7-5-3-4-6-8-16)11-13-20-17(18)15-9-10-15/h15-17,19H,2-14H2,1H3. The van der Waals surface area contributed by atoms with Gasteiger partial charge in [0.1, 0.15) is 0 Å². The van der Waals surface area contributed by atoms with Crippen LogP contribution in [-0.2, 0) is 4.74 Å². The van der Waals surface area contributed by atoms with Crippen LogP contribution in [0, 0.1) is 17.3 Å². The number of hydrogen-bond acceptors (Lipinski definition) is 2. The lowest BCUT2D eigenvalue weighted by Gasteiger charge is -2.42. The first-order valence-corrected chi connectivity index (χ1v) is 9.19. The predicted octanol–water partition coefficient (Wildman–Crippen LogP) is 4.14. The minimum atomic E-state index is 0.473. The van der Waals surface area contributed by atoms with E-state index in [1.165, 1.54) is 77.3 Å². The summed E-state index contributed by atoms with van der Waals surface area (Å²) in [6.45, 7) is 5.68. The molecule has 0 spiro atoms. The average Bonchev–Trinajstić information content (AvgIpc) is 3.26. The maximum absolute atomic E-state index is 6.28. The van der Waals surface area contributed by atoms with Crippen molar-refractivity contribution in [3.8, 4) is 0 Å². The Bertz CT molecular complexity index is 294. The van der Waals surface area contributed by atoms with Gasteiger partial charge >= 0.3 is 0 Å². The van der Waals surface area contributed by atoms with Crippen LogP contribution < -0.4 is 5.32 Å².